The third kappa shape index (κ3) is 32.2. The smallest absolute Gasteiger partial charge is 0.550 e. The van der Waals surface area contributed by atoms with Crippen LogP contribution in [0.25, 0.3) is 0 Å². The molecule has 1 amide bonds. The number of rotatable bonds is 21. The largest absolute Gasteiger partial charge is 1.00 e. The van der Waals surface area contributed by atoms with Gasteiger partial charge in [-0.15, -0.1) is 0 Å². The number of carboxylic acid groups (broad SMARTS) is 2. The van der Waals surface area contributed by atoms with Crippen LogP contribution in [0, 0.1) is 0 Å². The number of aliphatic hydroxyl groups is 1. The Kier molecular flexibility index (Phi) is 35.5. The average molecular weight is 583 g/mol. The molecule has 0 aromatic heterocycles. The number of nitrogens with two attached hydrogens (primary N) is 1. The fraction of sp³-hybridized carbons (Fsp3) is 0.792. The summed E-state index contributed by atoms with van der Waals surface area (Å²) in [5.74, 6) is -4.19. The van der Waals surface area contributed by atoms with Gasteiger partial charge in [-0.2, -0.15) is 8.42 Å². The maximum Gasteiger partial charge on any atom is 1.00 e. The minimum absolute atomic E-state index is 0. The van der Waals surface area contributed by atoms with Crippen LogP contribution >= 0.6 is 0 Å². The number of carboxylic acids is 2. The molecule has 0 aliphatic heterocycles. The summed E-state index contributed by atoms with van der Waals surface area (Å²) in [5.41, 5.74) is 5.24. The summed E-state index contributed by atoms with van der Waals surface area (Å²) >= 11 is 0. The van der Waals surface area contributed by atoms with E-state index in [4.69, 9.17) is 10.3 Å². The SMILES string of the molecule is CCCCCCCCC=CCCCCCCCC(=O)NC(O)CN.O=C([O-])CC(C(=O)[O-])S(=O)(=O)O.[Na+].[Na+]. The molecule has 14 heteroatoms. The molecule has 0 aliphatic rings. The van der Waals surface area contributed by atoms with Crippen molar-refractivity contribution >= 4 is 28.0 Å². The third-order valence-corrected chi connectivity index (χ3v) is 6.27. The summed E-state index contributed by atoms with van der Waals surface area (Å²) in [4.78, 5) is 31.1. The summed E-state index contributed by atoms with van der Waals surface area (Å²) in [6.07, 6.45) is 19.1. The number of allylic oxidation sites excluding steroid dienone is 2. The molecule has 11 nitrogen and oxygen atoms in total. The molecule has 0 spiro atoms. The van der Waals surface area contributed by atoms with Gasteiger partial charge in [0.05, 0.1) is 5.97 Å². The van der Waals surface area contributed by atoms with E-state index >= 15 is 0 Å². The Bertz CT molecular complexity index is 738. The Morgan fingerprint density at radius 3 is 1.68 bits per heavy atom. The number of aliphatic hydroxyl groups excluding tert-OH is 1. The Hall–Kier alpha value is -0.0200. The van der Waals surface area contributed by atoms with Crippen LogP contribution in [0.15, 0.2) is 12.2 Å². The summed E-state index contributed by atoms with van der Waals surface area (Å²) in [6, 6.07) is 0. The molecule has 0 heterocycles. The molecule has 2 atom stereocenters. The van der Waals surface area contributed by atoms with Crippen LogP contribution in [0.1, 0.15) is 103 Å². The van der Waals surface area contributed by atoms with Crippen molar-refractivity contribution in [2.75, 3.05) is 6.54 Å². The number of aliphatic carboxylic acids is 2. The normalized spacial score (nSPS) is 12.3. The first kappa shape index (κ1) is 45.0. The van der Waals surface area contributed by atoms with Crippen molar-refractivity contribution in [1.82, 2.24) is 5.32 Å². The molecule has 0 fully saturated rings. The number of hydrogen-bond acceptors (Lipinski definition) is 9. The van der Waals surface area contributed by atoms with E-state index in [0.717, 1.165) is 12.8 Å². The van der Waals surface area contributed by atoms with Gasteiger partial charge >= 0.3 is 59.1 Å². The molecule has 0 aliphatic carbocycles. The van der Waals surface area contributed by atoms with Gasteiger partial charge in [-0.1, -0.05) is 70.4 Å². The zero-order valence-corrected chi connectivity index (χ0v) is 28.2. The van der Waals surface area contributed by atoms with Crippen molar-refractivity contribution in [1.29, 1.82) is 0 Å². The second-order valence-electron chi connectivity index (χ2n) is 8.55. The maximum atomic E-state index is 11.4. The molecule has 0 radical (unpaired) electrons. The Morgan fingerprint density at radius 2 is 1.32 bits per heavy atom. The summed E-state index contributed by atoms with van der Waals surface area (Å²) < 4.78 is 28.5. The Balaban J connectivity index is -0.000000351. The van der Waals surface area contributed by atoms with Crippen LogP contribution in [0.2, 0.25) is 0 Å². The number of carbonyl (C=O) groups is 3. The molecule has 38 heavy (non-hydrogen) atoms. The van der Waals surface area contributed by atoms with Gasteiger partial charge in [-0.3, -0.25) is 9.35 Å². The second-order valence-corrected chi connectivity index (χ2v) is 10.2. The van der Waals surface area contributed by atoms with Crippen molar-refractivity contribution in [3.8, 4) is 0 Å². The number of hydrogen-bond donors (Lipinski definition) is 4. The molecule has 0 saturated carbocycles. The van der Waals surface area contributed by atoms with Gasteiger partial charge in [-0.05, 0) is 32.1 Å². The van der Waals surface area contributed by atoms with E-state index in [1.807, 2.05) is 0 Å². The zero-order chi connectivity index (χ0) is 27.8. The number of amides is 1. The molecule has 0 aromatic carbocycles. The number of unbranched alkanes of at least 4 members (excludes halogenated alkanes) is 11. The Labute approximate surface area is 272 Å². The van der Waals surface area contributed by atoms with E-state index in [9.17, 15) is 38.1 Å². The zero-order valence-electron chi connectivity index (χ0n) is 23.4. The van der Waals surface area contributed by atoms with Crippen LogP contribution < -0.4 is 80.4 Å². The van der Waals surface area contributed by atoms with Gasteiger partial charge in [0.25, 0.3) is 10.1 Å². The molecule has 5 N–H and O–H groups in total. The third-order valence-electron chi connectivity index (χ3n) is 5.19. The topological polar surface area (TPSA) is 210 Å². The monoisotopic (exact) mass is 582 g/mol. The van der Waals surface area contributed by atoms with Crippen LogP contribution in [0.5, 0.6) is 0 Å². The fourth-order valence-electron chi connectivity index (χ4n) is 3.13. The molecule has 2 unspecified atom stereocenters. The van der Waals surface area contributed by atoms with E-state index in [1.54, 1.807) is 0 Å². The van der Waals surface area contributed by atoms with Gasteiger partial charge in [0.2, 0.25) is 5.91 Å². The molecule has 0 rings (SSSR count). The maximum absolute atomic E-state index is 11.4. The minimum atomic E-state index is -4.94. The van der Waals surface area contributed by atoms with E-state index < -0.39 is 40.0 Å². The van der Waals surface area contributed by atoms with E-state index in [2.05, 4.69) is 24.4 Å². The standard InChI is InChI=1S/C20H40N2O2.C4H6O7S.2Na/c1-2-3-4-5-6-7-8-9-10-11-12-13-14-15-16-17-19(23)22-20(24)18-21;5-3(6)1-2(4(7)8)12(9,10)11;;/h9-10,20,24H,2-8,11-18,21H2,1H3,(H,22,23);2H,1H2,(H,5,6)(H,7,8)(H,9,10,11);;/q;;2*+1/p-2. The summed E-state index contributed by atoms with van der Waals surface area (Å²) in [6.45, 7) is 2.33. The number of carbonyl (C=O) groups excluding carboxylic acids is 3. The molecule has 212 valence electrons. The molecule has 0 saturated heterocycles. The molecule has 0 aromatic rings. The van der Waals surface area contributed by atoms with E-state index in [-0.39, 0.29) is 71.6 Å². The number of nitrogens with one attached hydrogen (secondary N) is 1. The molecular weight excluding hydrogens is 538 g/mol. The van der Waals surface area contributed by atoms with E-state index in [1.165, 1.54) is 70.6 Å². The van der Waals surface area contributed by atoms with Crippen molar-refractivity contribution in [3.05, 3.63) is 12.2 Å². The van der Waals surface area contributed by atoms with Gasteiger partial charge in [0, 0.05) is 25.4 Å². The second kappa shape index (κ2) is 30.0. The minimum Gasteiger partial charge on any atom is -0.550 e. The van der Waals surface area contributed by atoms with Crippen LogP contribution in [0.4, 0.5) is 0 Å². The predicted molar refractivity (Wildman–Crippen MR) is 133 cm³/mol. The van der Waals surface area contributed by atoms with Gasteiger partial charge in [0.15, 0.2) is 0 Å². The molecular formula is C24H44N2Na2O9S. The first-order valence-corrected chi connectivity index (χ1v) is 14.1. The summed E-state index contributed by atoms with van der Waals surface area (Å²) in [5, 5.41) is 28.9. The van der Waals surface area contributed by atoms with Crippen molar-refractivity contribution < 1.29 is 102 Å². The van der Waals surface area contributed by atoms with Gasteiger partial charge in [-0.25, -0.2) is 0 Å². The van der Waals surface area contributed by atoms with E-state index in [0.29, 0.717) is 6.42 Å². The van der Waals surface area contributed by atoms with Gasteiger partial charge in [0.1, 0.15) is 11.5 Å². The fourth-order valence-corrected chi connectivity index (χ4v) is 3.72. The summed E-state index contributed by atoms with van der Waals surface area (Å²) in [7, 11) is -4.94. The van der Waals surface area contributed by atoms with Crippen LogP contribution in [-0.2, 0) is 24.5 Å². The van der Waals surface area contributed by atoms with Crippen molar-refractivity contribution in [2.45, 2.75) is 115 Å². The van der Waals surface area contributed by atoms with Crippen molar-refractivity contribution in [2.24, 2.45) is 5.73 Å². The quantitative estimate of drug-likeness (QED) is 0.0332. The Morgan fingerprint density at radius 1 is 0.868 bits per heavy atom. The predicted octanol–water partition coefficient (Wildman–Crippen LogP) is -5.44. The van der Waals surface area contributed by atoms with Crippen LogP contribution in [-0.4, -0.2) is 53.9 Å². The van der Waals surface area contributed by atoms with Crippen LogP contribution in [0.3, 0.4) is 0 Å². The average Bonchev–Trinajstić information content (AvgIpc) is 2.79. The molecule has 0 bridgehead atoms. The van der Waals surface area contributed by atoms with Crippen molar-refractivity contribution in [3.63, 3.8) is 0 Å². The first-order chi connectivity index (χ1) is 16.9. The van der Waals surface area contributed by atoms with Gasteiger partial charge < -0.3 is 36.0 Å². The first-order valence-electron chi connectivity index (χ1n) is 12.6.